The van der Waals surface area contributed by atoms with Crippen LogP contribution in [0.15, 0.2) is 0 Å². The van der Waals surface area contributed by atoms with E-state index in [1.807, 2.05) is 0 Å². The van der Waals surface area contributed by atoms with Gasteiger partial charge < -0.3 is 9.47 Å². The molecule has 0 radical (unpaired) electrons. The molecule has 0 atom stereocenters. The van der Waals surface area contributed by atoms with E-state index in [0.717, 1.165) is 19.4 Å². The van der Waals surface area contributed by atoms with Gasteiger partial charge in [0.1, 0.15) is 0 Å². The van der Waals surface area contributed by atoms with Crippen LogP contribution in [0.2, 0.25) is 0 Å². The molecule has 138 valence electrons. The van der Waals surface area contributed by atoms with Crippen LogP contribution in [0, 0.1) is 5.41 Å². The summed E-state index contributed by atoms with van der Waals surface area (Å²) in [7, 11) is 0. The smallest absolute Gasteiger partial charge is 0.341 e. The van der Waals surface area contributed by atoms with Crippen molar-refractivity contribution in [3.05, 3.63) is 0 Å². The first-order valence-corrected chi connectivity index (χ1v) is 9.02. The van der Waals surface area contributed by atoms with Crippen LogP contribution >= 0.6 is 0 Å². The lowest BCUT2D eigenvalue weighted by Crippen LogP contribution is -2.81. The van der Waals surface area contributed by atoms with Crippen molar-refractivity contribution in [2.24, 2.45) is 11.1 Å². The van der Waals surface area contributed by atoms with E-state index in [0.29, 0.717) is 37.7 Å². The average molecular weight is 331 g/mol. The standard InChI is InChI=1S/C18H39N3O2/c1-7-9-17(3,4)10-12-22-14-15-23-13-11-20-16(19)21-18(5,6)8-2/h7-15H2,1-6H3,(H3,19,20,21)/p+1. The molecule has 0 rings (SSSR count). The van der Waals surface area contributed by atoms with Crippen molar-refractivity contribution < 1.29 is 14.5 Å². The second-order valence-corrected chi connectivity index (χ2v) is 7.59. The molecule has 5 heteroatoms. The third kappa shape index (κ3) is 13.3. The quantitative estimate of drug-likeness (QED) is 0.271. The minimum atomic E-state index is 0.0112. The molecule has 0 aliphatic rings. The second kappa shape index (κ2) is 11.7. The zero-order valence-electron chi connectivity index (χ0n) is 16.3. The van der Waals surface area contributed by atoms with E-state index >= 15 is 0 Å². The predicted octanol–water partition coefficient (Wildman–Crippen LogP) is 1.41. The fourth-order valence-electron chi connectivity index (χ4n) is 2.23. The Hall–Kier alpha value is -0.810. The number of hydrogen-bond donors (Lipinski definition) is 3. The van der Waals surface area contributed by atoms with Gasteiger partial charge in [0.05, 0.1) is 31.9 Å². The maximum absolute atomic E-state index is 5.90. The molecular formula is C18H40N3O2+. The van der Waals surface area contributed by atoms with Gasteiger partial charge in [-0.2, -0.15) is 0 Å². The molecular weight excluding hydrogens is 290 g/mol. The Morgan fingerprint density at radius 1 is 0.957 bits per heavy atom. The largest absolute Gasteiger partial charge is 0.379 e. The Bertz CT molecular complexity index is 328. The van der Waals surface area contributed by atoms with Crippen LogP contribution in [0.1, 0.15) is 67.2 Å². The molecule has 0 aromatic carbocycles. The lowest BCUT2D eigenvalue weighted by atomic mass is 9.85. The Morgan fingerprint density at radius 3 is 2.13 bits per heavy atom. The summed E-state index contributed by atoms with van der Waals surface area (Å²) in [5.41, 5.74) is 6.29. The Kier molecular flexibility index (Phi) is 11.3. The van der Waals surface area contributed by atoms with Crippen LogP contribution in [-0.2, 0) is 9.47 Å². The maximum atomic E-state index is 5.90. The SMILES string of the molecule is CCCC(C)(C)CCOCCOCC[NH+]=C(N)NC(C)(C)CC. The van der Waals surface area contributed by atoms with Crippen molar-refractivity contribution in [1.29, 1.82) is 0 Å². The summed E-state index contributed by atoms with van der Waals surface area (Å²) in [6, 6.07) is 0. The van der Waals surface area contributed by atoms with E-state index in [2.05, 4.69) is 51.9 Å². The van der Waals surface area contributed by atoms with E-state index in [1.165, 1.54) is 12.8 Å². The molecule has 0 aromatic heterocycles. The van der Waals surface area contributed by atoms with Crippen LogP contribution in [0.4, 0.5) is 0 Å². The number of rotatable bonds is 13. The summed E-state index contributed by atoms with van der Waals surface area (Å²) in [5.74, 6) is 0.606. The molecule has 5 nitrogen and oxygen atoms in total. The van der Waals surface area contributed by atoms with E-state index in [4.69, 9.17) is 15.2 Å². The molecule has 23 heavy (non-hydrogen) atoms. The lowest BCUT2D eigenvalue weighted by Gasteiger charge is -2.23. The first kappa shape index (κ1) is 22.2. The zero-order chi connectivity index (χ0) is 17.8. The fraction of sp³-hybridized carbons (Fsp3) is 0.944. The Morgan fingerprint density at radius 2 is 1.57 bits per heavy atom. The Balaban J connectivity index is 3.56. The highest BCUT2D eigenvalue weighted by Crippen LogP contribution is 2.26. The summed E-state index contributed by atoms with van der Waals surface area (Å²) in [5, 5.41) is 3.25. The first-order chi connectivity index (χ1) is 10.7. The number of ether oxygens (including phenoxy) is 2. The number of nitrogens with two attached hydrogens (primary N) is 1. The van der Waals surface area contributed by atoms with Crippen LogP contribution in [0.5, 0.6) is 0 Å². The fourth-order valence-corrected chi connectivity index (χ4v) is 2.23. The Labute approximate surface area is 143 Å². The zero-order valence-corrected chi connectivity index (χ0v) is 16.3. The van der Waals surface area contributed by atoms with Gasteiger partial charge in [-0.3, -0.25) is 16.0 Å². The molecule has 0 saturated heterocycles. The highest BCUT2D eigenvalue weighted by Gasteiger charge is 2.19. The molecule has 0 heterocycles. The summed E-state index contributed by atoms with van der Waals surface area (Å²) >= 11 is 0. The van der Waals surface area contributed by atoms with E-state index in [-0.39, 0.29) is 5.54 Å². The minimum Gasteiger partial charge on any atom is -0.379 e. The van der Waals surface area contributed by atoms with Gasteiger partial charge in [-0.05, 0) is 38.5 Å². The number of guanidine groups is 1. The number of nitrogens with one attached hydrogen (secondary N) is 2. The highest BCUT2D eigenvalue weighted by molar-refractivity contribution is 5.72. The monoisotopic (exact) mass is 330 g/mol. The van der Waals surface area contributed by atoms with Gasteiger partial charge in [0.15, 0.2) is 0 Å². The van der Waals surface area contributed by atoms with E-state index < -0.39 is 0 Å². The summed E-state index contributed by atoms with van der Waals surface area (Å²) < 4.78 is 11.2. The molecule has 0 aliphatic carbocycles. The van der Waals surface area contributed by atoms with Gasteiger partial charge >= 0.3 is 5.96 Å². The molecule has 0 spiro atoms. The minimum absolute atomic E-state index is 0.0112. The topological polar surface area (TPSA) is 70.5 Å². The van der Waals surface area contributed by atoms with E-state index in [1.54, 1.807) is 0 Å². The van der Waals surface area contributed by atoms with Crippen molar-refractivity contribution >= 4 is 5.96 Å². The van der Waals surface area contributed by atoms with Gasteiger partial charge in [-0.1, -0.05) is 34.1 Å². The van der Waals surface area contributed by atoms with Crippen LogP contribution in [0.25, 0.3) is 0 Å². The van der Waals surface area contributed by atoms with Crippen LogP contribution in [-0.4, -0.2) is 44.5 Å². The summed E-state index contributed by atoms with van der Waals surface area (Å²) in [6.07, 6.45) is 4.60. The molecule has 4 N–H and O–H groups in total. The number of hydrogen-bond acceptors (Lipinski definition) is 2. The van der Waals surface area contributed by atoms with Crippen LogP contribution < -0.4 is 16.0 Å². The molecule has 0 bridgehead atoms. The molecule has 0 saturated carbocycles. The summed E-state index contributed by atoms with van der Waals surface area (Å²) in [4.78, 5) is 3.13. The van der Waals surface area contributed by atoms with Crippen molar-refractivity contribution in [1.82, 2.24) is 5.32 Å². The van der Waals surface area contributed by atoms with Gasteiger partial charge in [0, 0.05) is 6.61 Å². The molecule has 0 aromatic rings. The normalized spacial score (nSPS) is 13.4. The molecule has 0 amide bonds. The van der Waals surface area contributed by atoms with Gasteiger partial charge in [-0.25, -0.2) is 0 Å². The van der Waals surface area contributed by atoms with Crippen LogP contribution in [0.3, 0.4) is 0 Å². The van der Waals surface area contributed by atoms with Crippen molar-refractivity contribution in [3.8, 4) is 0 Å². The molecule has 0 aliphatic heterocycles. The first-order valence-electron chi connectivity index (χ1n) is 9.02. The van der Waals surface area contributed by atoms with Crippen molar-refractivity contribution in [2.75, 3.05) is 33.0 Å². The maximum Gasteiger partial charge on any atom is 0.341 e. The van der Waals surface area contributed by atoms with Crippen molar-refractivity contribution in [3.63, 3.8) is 0 Å². The lowest BCUT2D eigenvalue weighted by molar-refractivity contribution is -0.465. The predicted molar refractivity (Wildman–Crippen MR) is 97.5 cm³/mol. The van der Waals surface area contributed by atoms with Gasteiger partial charge in [0.2, 0.25) is 0 Å². The third-order valence-electron chi connectivity index (χ3n) is 4.14. The molecule has 0 unspecified atom stereocenters. The van der Waals surface area contributed by atoms with Gasteiger partial charge in [-0.15, -0.1) is 0 Å². The van der Waals surface area contributed by atoms with Crippen molar-refractivity contribution in [2.45, 2.75) is 72.8 Å². The molecule has 0 fully saturated rings. The van der Waals surface area contributed by atoms with Gasteiger partial charge in [0.25, 0.3) is 0 Å². The summed E-state index contributed by atoms with van der Waals surface area (Å²) in [6.45, 7) is 16.6. The average Bonchev–Trinajstić information content (AvgIpc) is 2.44. The van der Waals surface area contributed by atoms with E-state index in [9.17, 15) is 0 Å². The highest BCUT2D eigenvalue weighted by atomic mass is 16.5. The third-order valence-corrected chi connectivity index (χ3v) is 4.14. The second-order valence-electron chi connectivity index (χ2n) is 7.59.